The van der Waals surface area contributed by atoms with Crippen molar-refractivity contribution in [2.75, 3.05) is 0 Å². The standard InChI is InChI=1S/C14H10Br2N2O4S/c15-11-3-1-9(13(5-11)17(19)20)7-23-8-10-2-4-12(16)6-14(10)18(21)22/h1-6H,7-8H2. The maximum atomic E-state index is 11.1. The summed E-state index contributed by atoms with van der Waals surface area (Å²) in [6, 6.07) is 9.77. The monoisotopic (exact) mass is 460 g/mol. The Hall–Kier alpha value is -1.45. The molecule has 6 nitrogen and oxygen atoms in total. The van der Waals surface area contributed by atoms with Crippen molar-refractivity contribution in [3.63, 3.8) is 0 Å². The fraction of sp³-hybridized carbons (Fsp3) is 0.143. The number of nitro groups is 2. The third kappa shape index (κ3) is 4.76. The first kappa shape index (κ1) is 17.9. The third-order valence-electron chi connectivity index (χ3n) is 3.00. The predicted octanol–water partition coefficient (Wildman–Crippen LogP) is 5.46. The van der Waals surface area contributed by atoms with Crippen molar-refractivity contribution < 1.29 is 9.85 Å². The third-order valence-corrected chi connectivity index (χ3v) is 5.02. The Balaban J connectivity index is 2.12. The molecule has 2 aromatic rings. The molecule has 0 aliphatic heterocycles. The molecular weight excluding hydrogens is 452 g/mol. The molecule has 0 atom stereocenters. The lowest BCUT2D eigenvalue weighted by molar-refractivity contribution is -0.385. The van der Waals surface area contributed by atoms with Crippen LogP contribution in [0.1, 0.15) is 11.1 Å². The Morgan fingerprint density at radius 2 is 1.22 bits per heavy atom. The highest BCUT2D eigenvalue weighted by molar-refractivity contribution is 9.10. The van der Waals surface area contributed by atoms with E-state index in [1.54, 1.807) is 24.3 Å². The van der Waals surface area contributed by atoms with Gasteiger partial charge in [-0.05, 0) is 12.1 Å². The fourth-order valence-electron chi connectivity index (χ4n) is 1.93. The number of hydrogen-bond donors (Lipinski definition) is 0. The van der Waals surface area contributed by atoms with E-state index in [9.17, 15) is 20.2 Å². The molecule has 0 saturated carbocycles. The molecule has 0 heterocycles. The normalized spacial score (nSPS) is 10.5. The van der Waals surface area contributed by atoms with Crippen LogP contribution in [0.5, 0.6) is 0 Å². The molecule has 0 bridgehead atoms. The van der Waals surface area contributed by atoms with Crippen LogP contribution in [-0.4, -0.2) is 9.85 Å². The number of rotatable bonds is 6. The Kier molecular flexibility index (Phi) is 6.14. The second kappa shape index (κ2) is 7.89. The average Bonchev–Trinajstić information content (AvgIpc) is 2.49. The maximum absolute atomic E-state index is 11.1. The Labute approximate surface area is 152 Å². The second-order valence-corrected chi connectivity index (χ2v) is 7.37. The molecule has 0 spiro atoms. The van der Waals surface area contributed by atoms with Crippen LogP contribution in [0.15, 0.2) is 45.3 Å². The molecule has 0 radical (unpaired) electrons. The molecule has 0 aliphatic carbocycles. The Bertz CT molecular complexity index is 707. The zero-order valence-corrected chi connectivity index (χ0v) is 15.6. The van der Waals surface area contributed by atoms with Gasteiger partial charge in [-0.15, -0.1) is 0 Å². The lowest BCUT2D eigenvalue weighted by Crippen LogP contribution is -1.96. The van der Waals surface area contributed by atoms with Crippen molar-refractivity contribution in [2.24, 2.45) is 0 Å². The van der Waals surface area contributed by atoms with Gasteiger partial charge in [0.05, 0.1) is 9.85 Å². The van der Waals surface area contributed by atoms with Gasteiger partial charge in [-0.2, -0.15) is 11.8 Å². The van der Waals surface area contributed by atoms with E-state index in [1.807, 2.05) is 0 Å². The van der Waals surface area contributed by atoms with Crippen molar-refractivity contribution in [1.29, 1.82) is 0 Å². The van der Waals surface area contributed by atoms with E-state index in [1.165, 1.54) is 23.9 Å². The van der Waals surface area contributed by atoms with Crippen molar-refractivity contribution in [1.82, 2.24) is 0 Å². The van der Waals surface area contributed by atoms with Crippen molar-refractivity contribution >= 4 is 55.0 Å². The lowest BCUT2D eigenvalue weighted by Gasteiger charge is -2.05. The van der Waals surface area contributed by atoms with Crippen LogP contribution in [0.3, 0.4) is 0 Å². The van der Waals surface area contributed by atoms with E-state index in [4.69, 9.17) is 0 Å². The number of benzene rings is 2. The number of hydrogen-bond acceptors (Lipinski definition) is 5. The molecule has 23 heavy (non-hydrogen) atoms. The van der Waals surface area contributed by atoms with Crippen LogP contribution >= 0.6 is 43.6 Å². The Morgan fingerprint density at radius 1 is 0.826 bits per heavy atom. The SMILES string of the molecule is O=[N+]([O-])c1cc(Br)ccc1CSCc1ccc(Br)cc1[N+](=O)[O-]. The van der Waals surface area contributed by atoms with Crippen LogP contribution in [0.4, 0.5) is 11.4 Å². The summed E-state index contributed by atoms with van der Waals surface area (Å²) in [5.74, 6) is 0.799. The van der Waals surface area contributed by atoms with Crippen molar-refractivity contribution in [2.45, 2.75) is 11.5 Å². The summed E-state index contributed by atoms with van der Waals surface area (Å²) in [6.07, 6.45) is 0. The van der Waals surface area contributed by atoms with Gasteiger partial charge >= 0.3 is 0 Å². The molecule has 0 saturated heterocycles. The zero-order chi connectivity index (χ0) is 17.0. The van der Waals surface area contributed by atoms with E-state index in [-0.39, 0.29) is 11.4 Å². The summed E-state index contributed by atoms with van der Waals surface area (Å²) >= 11 is 7.82. The van der Waals surface area contributed by atoms with Gasteiger partial charge in [0.15, 0.2) is 0 Å². The first-order valence-electron chi connectivity index (χ1n) is 6.32. The molecule has 2 aromatic carbocycles. The minimum absolute atomic E-state index is 0.0391. The summed E-state index contributed by atoms with van der Waals surface area (Å²) < 4.78 is 1.28. The lowest BCUT2D eigenvalue weighted by atomic mass is 10.2. The van der Waals surface area contributed by atoms with Gasteiger partial charge in [0.25, 0.3) is 11.4 Å². The molecule has 0 aromatic heterocycles. The number of nitro benzene ring substituents is 2. The molecule has 0 amide bonds. The average molecular weight is 462 g/mol. The number of thioether (sulfide) groups is 1. The van der Waals surface area contributed by atoms with Gasteiger partial charge in [0.1, 0.15) is 0 Å². The van der Waals surface area contributed by atoms with E-state index in [0.717, 1.165) is 0 Å². The minimum atomic E-state index is -0.428. The molecule has 2 rings (SSSR count). The maximum Gasteiger partial charge on any atom is 0.274 e. The fourth-order valence-corrected chi connectivity index (χ4v) is 3.66. The molecule has 0 aliphatic rings. The van der Waals surface area contributed by atoms with Crippen LogP contribution in [0, 0.1) is 20.2 Å². The highest BCUT2D eigenvalue weighted by atomic mass is 79.9. The second-order valence-electron chi connectivity index (χ2n) is 4.55. The van der Waals surface area contributed by atoms with E-state index in [2.05, 4.69) is 31.9 Å². The van der Waals surface area contributed by atoms with E-state index < -0.39 is 9.85 Å². The Morgan fingerprint density at radius 3 is 1.57 bits per heavy atom. The summed E-state index contributed by atoms with van der Waals surface area (Å²) in [7, 11) is 0. The van der Waals surface area contributed by atoms with E-state index >= 15 is 0 Å². The van der Waals surface area contributed by atoms with Gasteiger partial charge in [0.2, 0.25) is 0 Å². The van der Waals surface area contributed by atoms with Gasteiger partial charge in [-0.3, -0.25) is 20.2 Å². The highest BCUT2D eigenvalue weighted by Gasteiger charge is 2.16. The minimum Gasteiger partial charge on any atom is -0.258 e. The van der Waals surface area contributed by atoms with Gasteiger partial charge in [-0.25, -0.2) is 0 Å². The summed E-state index contributed by atoms with van der Waals surface area (Å²) in [5.41, 5.74) is 1.25. The highest BCUT2D eigenvalue weighted by Crippen LogP contribution is 2.31. The number of nitrogens with zero attached hydrogens (tertiary/aromatic N) is 2. The predicted molar refractivity (Wildman–Crippen MR) is 96.6 cm³/mol. The first-order valence-corrected chi connectivity index (χ1v) is 9.06. The molecule has 0 fully saturated rings. The number of halogens is 2. The first-order chi connectivity index (χ1) is 10.9. The van der Waals surface area contributed by atoms with Crippen molar-refractivity contribution in [3.8, 4) is 0 Å². The zero-order valence-electron chi connectivity index (χ0n) is 11.6. The largest absolute Gasteiger partial charge is 0.274 e. The summed E-state index contributed by atoms with van der Waals surface area (Å²) in [4.78, 5) is 21.3. The van der Waals surface area contributed by atoms with Crippen LogP contribution in [-0.2, 0) is 11.5 Å². The van der Waals surface area contributed by atoms with Gasteiger partial charge in [-0.1, -0.05) is 44.0 Å². The molecule has 120 valence electrons. The topological polar surface area (TPSA) is 86.3 Å². The van der Waals surface area contributed by atoms with E-state index in [0.29, 0.717) is 31.6 Å². The summed E-state index contributed by atoms with van der Waals surface area (Å²) in [6.45, 7) is 0. The van der Waals surface area contributed by atoms with Crippen LogP contribution < -0.4 is 0 Å². The molecule has 0 unspecified atom stereocenters. The van der Waals surface area contributed by atoms with Crippen LogP contribution in [0.25, 0.3) is 0 Å². The molecule has 9 heteroatoms. The molecular formula is C14H10Br2N2O4S. The quantitative estimate of drug-likeness (QED) is 0.421. The van der Waals surface area contributed by atoms with Crippen LogP contribution in [0.2, 0.25) is 0 Å². The van der Waals surface area contributed by atoms with Gasteiger partial charge < -0.3 is 0 Å². The molecule has 0 N–H and O–H groups in total. The smallest absolute Gasteiger partial charge is 0.258 e. The summed E-state index contributed by atoms with van der Waals surface area (Å²) in [5, 5.41) is 22.1. The van der Waals surface area contributed by atoms with Crippen molar-refractivity contribution in [3.05, 3.63) is 76.7 Å². The van der Waals surface area contributed by atoms with Gasteiger partial charge in [0, 0.05) is 43.7 Å².